The Bertz CT molecular complexity index is 502. The molecule has 0 atom stereocenters. The molecule has 0 aliphatic carbocycles. The standard InChI is InChI=1S/C18H26N2O2.ClH/c1-2-15-3-5-16(6-4-15)22-13-17(21)20-11-8-18(9-12-20)7-10-19-14-18;/h3-6,19H,2,7-14H2,1H3;1H. The number of carbonyl (C=O) groups excluding carboxylic acids is 1. The van der Waals surface area contributed by atoms with Crippen molar-refractivity contribution in [3.05, 3.63) is 29.8 Å². The van der Waals surface area contributed by atoms with Crippen LogP contribution in [0.3, 0.4) is 0 Å². The summed E-state index contributed by atoms with van der Waals surface area (Å²) in [6, 6.07) is 8.00. The van der Waals surface area contributed by atoms with Crippen molar-refractivity contribution in [3.63, 3.8) is 0 Å². The van der Waals surface area contributed by atoms with Crippen LogP contribution in [0.2, 0.25) is 0 Å². The van der Waals surface area contributed by atoms with Crippen LogP contribution in [-0.4, -0.2) is 43.6 Å². The topological polar surface area (TPSA) is 41.6 Å². The molecule has 2 aliphatic rings. The van der Waals surface area contributed by atoms with E-state index < -0.39 is 0 Å². The lowest BCUT2D eigenvalue weighted by atomic mass is 9.78. The van der Waals surface area contributed by atoms with Crippen molar-refractivity contribution in [2.75, 3.05) is 32.8 Å². The van der Waals surface area contributed by atoms with Gasteiger partial charge in [0.05, 0.1) is 0 Å². The smallest absolute Gasteiger partial charge is 0.260 e. The maximum atomic E-state index is 12.3. The minimum atomic E-state index is 0. The summed E-state index contributed by atoms with van der Waals surface area (Å²) >= 11 is 0. The predicted molar refractivity (Wildman–Crippen MR) is 94.3 cm³/mol. The molecular formula is C18H27ClN2O2. The number of hydrogen-bond donors (Lipinski definition) is 1. The van der Waals surface area contributed by atoms with Gasteiger partial charge in [-0.1, -0.05) is 19.1 Å². The number of amides is 1. The molecule has 2 aliphatic heterocycles. The van der Waals surface area contributed by atoms with Gasteiger partial charge >= 0.3 is 0 Å². The molecule has 1 N–H and O–H groups in total. The second kappa shape index (κ2) is 8.02. The van der Waals surface area contributed by atoms with Crippen molar-refractivity contribution in [3.8, 4) is 5.75 Å². The fraction of sp³-hybridized carbons (Fsp3) is 0.611. The number of rotatable bonds is 4. The fourth-order valence-electron chi connectivity index (χ4n) is 3.51. The van der Waals surface area contributed by atoms with Gasteiger partial charge in [-0.25, -0.2) is 0 Å². The zero-order valence-electron chi connectivity index (χ0n) is 13.8. The number of benzene rings is 1. The van der Waals surface area contributed by atoms with E-state index in [0.29, 0.717) is 5.41 Å². The van der Waals surface area contributed by atoms with Gasteiger partial charge in [0, 0.05) is 19.6 Å². The van der Waals surface area contributed by atoms with Gasteiger partial charge in [0.2, 0.25) is 0 Å². The number of carbonyl (C=O) groups is 1. The van der Waals surface area contributed by atoms with E-state index in [1.165, 1.54) is 12.0 Å². The molecule has 0 aromatic heterocycles. The third kappa shape index (κ3) is 4.39. The van der Waals surface area contributed by atoms with E-state index in [1.54, 1.807) is 0 Å². The average Bonchev–Trinajstić information content (AvgIpc) is 3.02. The molecule has 4 nitrogen and oxygen atoms in total. The maximum Gasteiger partial charge on any atom is 0.260 e. The van der Waals surface area contributed by atoms with Gasteiger partial charge in [-0.2, -0.15) is 0 Å². The van der Waals surface area contributed by atoms with Crippen LogP contribution in [0.5, 0.6) is 5.75 Å². The first-order valence-electron chi connectivity index (χ1n) is 8.41. The summed E-state index contributed by atoms with van der Waals surface area (Å²) in [5, 5.41) is 3.45. The summed E-state index contributed by atoms with van der Waals surface area (Å²) in [6.45, 7) is 6.27. The van der Waals surface area contributed by atoms with Gasteiger partial charge in [-0.05, 0) is 55.3 Å². The Labute approximate surface area is 145 Å². The third-order valence-corrected chi connectivity index (χ3v) is 5.20. The lowest BCUT2D eigenvalue weighted by molar-refractivity contribution is -0.135. The Morgan fingerprint density at radius 2 is 1.91 bits per heavy atom. The van der Waals surface area contributed by atoms with Crippen LogP contribution in [0.25, 0.3) is 0 Å². The third-order valence-electron chi connectivity index (χ3n) is 5.20. The first-order valence-corrected chi connectivity index (χ1v) is 8.41. The van der Waals surface area contributed by atoms with Crippen molar-refractivity contribution in [1.82, 2.24) is 10.2 Å². The molecular weight excluding hydrogens is 312 g/mol. The van der Waals surface area contributed by atoms with Gasteiger partial charge in [0.25, 0.3) is 5.91 Å². The summed E-state index contributed by atoms with van der Waals surface area (Å²) in [5.41, 5.74) is 1.73. The highest BCUT2D eigenvalue weighted by Crippen LogP contribution is 2.36. The van der Waals surface area contributed by atoms with Crippen LogP contribution in [0, 0.1) is 5.41 Å². The molecule has 1 aromatic carbocycles. The SMILES string of the molecule is CCc1ccc(OCC(=O)N2CCC3(CCNC3)CC2)cc1.Cl. The van der Waals surface area contributed by atoms with E-state index in [1.807, 2.05) is 17.0 Å². The minimum absolute atomic E-state index is 0. The number of nitrogens with one attached hydrogen (secondary N) is 1. The molecule has 2 fully saturated rings. The van der Waals surface area contributed by atoms with Crippen molar-refractivity contribution in [2.24, 2.45) is 5.41 Å². The van der Waals surface area contributed by atoms with E-state index in [4.69, 9.17) is 4.74 Å². The quantitative estimate of drug-likeness (QED) is 0.917. The first-order chi connectivity index (χ1) is 10.7. The summed E-state index contributed by atoms with van der Waals surface area (Å²) in [7, 11) is 0. The Balaban J connectivity index is 0.00000192. The van der Waals surface area contributed by atoms with Gasteiger partial charge in [0.1, 0.15) is 5.75 Å². The second-order valence-electron chi connectivity index (χ2n) is 6.59. The lowest BCUT2D eigenvalue weighted by Crippen LogP contribution is -2.45. The monoisotopic (exact) mass is 338 g/mol. The molecule has 0 unspecified atom stereocenters. The molecule has 3 rings (SSSR count). The molecule has 1 aromatic rings. The number of halogens is 1. The van der Waals surface area contributed by atoms with E-state index in [-0.39, 0.29) is 24.9 Å². The van der Waals surface area contributed by atoms with Crippen molar-refractivity contribution in [2.45, 2.75) is 32.6 Å². The Kier molecular flexibility index (Phi) is 6.31. The molecule has 1 amide bonds. The number of ether oxygens (including phenoxy) is 1. The summed E-state index contributed by atoms with van der Waals surface area (Å²) in [5.74, 6) is 0.888. The van der Waals surface area contributed by atoms with Crippen LogP contribution >= 0.6 is 12.4 Å². The second-order valence-corrected chi connectivity index (χ2v) is 6.59. The molecule has 128 valence electrons. The van der Waals surface area contributed by atoms with Gasteiger partial charge in [0.15, 0.2) is 6.61 Å². The normalized spacial score (nSPS) is 19.4. The first kappa shape index (κ1) is 18.1. The van der Waals surface area contributed by atoms with Crippen LogP contribution < -0.4 is 10.1 Å². The molecule has 1 spiro atoms. The van der Waals surface area contributed by atoms with Crippen molar-refractivity contribution >= 4 is 18.3 Å². The lowest BCUT2D eigenvalue weighted by Gasteiger charge is -2.38. The highest BCUT2D eigenvalue weighted by atomic mass is 35.5. The zero-order valence-corrected chi connectivity index (χ0v) is 14.7. The highest BCUT2D eigenvalue weighted by molar-refractivity contribution is 5.85. The number of piperidine rings is 1. The minimum Gasteiger partial charge on any atom is -0.484 e. The van der Waals surface area contributed by atoms with E-state index in [0.717, 1.165) is 51.2 Å². The van der Waals surface area contributed by atoms with Gasteiger partial charge in [-0.3, -0.25) is 4.79 Å². The summed E-state index contributed by atoms with van der Waals surface area (Å²) in [6.07, 6.45) is 4.52. The van der Waals surface area contributed by atoms with Gasteiger partial charge in [-0.15, -0.1) is 12.4 Å². The summed E-state index contributed by atoms with van der Waals surface area (Å²) < 4.78 is 5.63. The number of likely N-dealkylation sites (tertiary alicyclic amines) is 1. The molecule has 0 bridgehead atoms. The van der Waals surface area contributed by atoms with E-state index in [9.17, 15) is 4.79 Å². The fourth-order valence-corrected chi connectivity index (χ4v) is 3.51. The Morgan fingerprint density at radius 1 is 1.22 bits per heavy atom. The highest BCUT2D eigenvalue weighted by Gasteiger charge is 2.37. The van der Waals surface area contributed by atoms with Crippen molar-refractivity contribution < 1.29 is 9.53 Å². The molecule has 2 heterocycles. The van der Waals surface area contributed by atoms with Gasteiger partial charge < -0.3 is 15.0 Å². The van der Waals surface area contributed by atoms with Crippen LogP contribution in [0.1, 0.15) is 31.7 Å². The summed E-state index contributed by atoms with van der Waals surface area (Å²) in [4.78, 5) is 14.2. The maximum absolute atomic E-state index is 12.3. The van der Waals surface area contributed by atoms with Crippen LogP contribution in [0.4, 0.5) is 0 Å². The number of aryl methyl sites for hydroxylation is 1. The number of nitrogens with zero attached hydrogens (tertiary/aromatic N) is 1. The molecule has 23 heavy (non-hydrogen) atoms. The molecule has 5 heteroatoms. The van der Waals surface area contributed by atoms with E-state index >= 15 is 0 Å². The van der Waals surface area contributed by atoms with E-state index in [2.05, 4.69) is 24.4 Å². The molecule has 0 radical (unpaired) electrons. The molecule has 0 saturated carbocycles. The predicted octanol–water partition coefficient (Wildman–Crippen LogP) is 2.65. The van der Waals surface area contributed by atoms with Crippen LogP contribution in [0.15, 0.2) is 24.3 Å². The Hall–Kier alpha value is -1.26. The number of hydrogen-bond acceptors (Lipinski definition) is 3. The van der Waals surface area contributed by atoms with Crippen LogP contribution in [-0.2, 0) is 11.2 Å². The molecule has 2 saturated heterocycles. The largest absolute Gasteiger partial charge is 0.484 e. The average molecular weight is 339 g/mol. The Morgan fingerprint density at radius 3 is 2.48 bits per heavy atom. The zero-order chi connectivity index (χ0) is 15.4. The van der Waals surface area contributed by atoms with Crippen molar-refractivity contribution in [1.29, 1.82) is 0 Å².